The van der Waals surface area contributed by atoms with Gasteiger partial charge in [-0.1, -0.05) is 35.9 Å². The zero-order chi connectivity index (χ0) is 14.8. The molecule has 0 spiro atoms. The molecule has 0 saturated carbocycles. The van der Waals surface area contributed by atoms with Gasteiger partial charge in [-0.15, -0.1) is 0 Å². The number of benzene rings is 2. The molecule has 0 radical (unpaired) electrons. The normalized spacial score (nSPS) is 11.1. The van der Waals surface area contributed by atoms with Crippen LogP contribution in [0.15, 0.2) is 53.4 Å². The summed E-state index contributed by atoms with van der Waals surface area (Å²) in [5.74, 6) is 0. The number of nitro benzene ring substituents is 1. The number of rotatable bonds is 4. The predicted molar refractivity (Wildman–Crippen MR) is 75.4 cm³/mol. The van der Waals surface area contributed by atoms with Gasteiger partial charge in [0.25, 0.3) is 10.0 Å². The van der Waals surface area contributed by atoms with Gasteiger partial charge < -0.3 is 0 Å². The Hall–Kier alpha value is -2.12. The molecule has 0 atom stereocenters. The largest absolute Gasteiger partial charge is 0.308 e. The molecule has 2 rings (SSSR count). The van der Waals surface area contributed by atoms with E-state index < -0.39 is 25.5 Å². The van der Waals surface area contributed by atoms with Crippen molar-refractivity contribution in [3.8, 4) is 0 Å². The maximum Gasteiger partial charge on any atom is 0.308 e. The summed E-state index contributed by atoms with van der Waals surface area (Å²) in [4.78, 5) is 9.68. The molecule has 1 N–H and O–H groups in total. The van der Waals surface area contributed by atoms with E-state index in [-0.39, 0.29) is 5.02 Å². The van der Waals surface area contributed by atoms with E-state index in [4.69, 9.17) is 11.6 Å². The second kappa shape index (κ2) is 5.48. The molecule has 6 nitrogen and oxygen atoms in total. The third-order valence-electron chi connectivity index (χ3n) is 2.45. The maximum absolute atomic E-state index is 12.2. The Morgan fingerprint density at radius 1 is 1.05 bits per heavy atom. The highest BCUT2D eigenvalue weighted by Crippen LogP contribution is 2.32. The predicted octanol–water partition coefficient (Wildman–Crippen LogP) is 3.05. The van der Waals surface area contributed by atoms with Crippen LogP contribution in [0.5, 0.6) is 0 Å². The van der Waals surface area contributed by atoms with Gasteiger partial charge in [0, 0.05) is 5.69 Å². The van der Waals surface area contributed by atoms with Crippen molar-refractivity contribution in [1.29, 1.82) is 0 Å². The highest BCUT2D eigenvalue weighted by atomic mass is 35.5. The van der Waals surface area contributed by atoms with Gasteiger partial charge in [-0.25, -0.2) is 8.42 Å². The van der Waals surface area contributed by atoms with Crippen LogP contribution in [-0.4, -0.2) is 13.3 Å². The third kappa shape index (κ3) is 2.89. The molecular weight excluding hydrogens is 304 g/mol. The topological polar surface area (TPSA) is 89.3 Å². The Morgan fingerprint density at radius 2 is 1.70 bits per heavy atom. The van der Waals surface area contributed by atoms with Crippen molar-refractivity contribution in [1.82, 2.24) is 0 Å². The quantitative estimate of drug-likeness (QED) is 0.694. The van der Waals surface area contributed by atoms with Crippen LogP contribution >= 0.6 is 11.6 Å². The molecule has 0 unspecified atom stereocenters. The van der Waals surface area contributed by atoms with Crippen molar-refractivity contribution in [2.45, 2.75) is 4.90 Å². The zero-order valence-corrected chi connectivity index (χ0v) is 11.6. The fourth-order valence-electron chi connectivity index (χ4n) is 1.61. The molecule has 0 amide bonds. The monoisotopic (exact) mass is 312 g/mol. The molecule has 0 aliphatic carbocycles. The Kier molecular flexibility index (Phi) is 3.91. The van der Waals surface area contributed by atoms with Crippen LogP contribution in [0.25, 0.3) is 0 Å². The molecule has 8 heteroatoms. The first kappa shape index (κ1) is 14.3. The minimum Gasteiger partial charge on any atom is -0.279 e. The highest BCUT2D eigenvalue weighted by molar-refractivity contribution is 7.92. The first-order valence-corrected chi connectivity index (χ1v) is 7.29. The van der Waals surface area contributed by atoms with Crippen LogP contribution in [0.1, 0.15) is 0 Å². The number of nitrogens with zero attached hydrogens (tertiary/aromatic N) is 1. The fourth-order valence-corrected chi connectivity index (χ4v) is 3.16. The summed E-state index contributed by atoms with van der Waals surface area (Å²) in [6, 6.07) is 11.8. The molecule has 0 aliphatic heterocycles. The summed E-state index contributed by atoms with van der Waals surface area (Å²) in [7, 11) is -4.09. The molecule has 0 heterocycles. The number of nitro groups is 1. The average molecular weight is 313 g/mol. The lowest BCUT2D eigenvalue weighted by Crippen LogP contribution is -2.14. The van der Waals surface area contributed by atoms with Crippen molar-refractivity contribution in [2.75, 3.05) is 4.72 Å². The number of hydrogen-bond acceptors (Lipinski definition) is 4. The Bertz CT molecular complexity index is 747. The number of nitrogens with one attached hydrogen (secondary N) is 1. The molecule has 0 aliphatic rings. The molecular formula is C12H9ClN2O4S. The molecule has 0 aromatic heterocycles. The Labute approximate surface area is 120 Å². The minimum absolute atomic E-state index is 0.231. The average Bonchev–Trinajstić information content (AvgIpc) is 2.38. The lowest BCUT2D eigenvalue weighted by Gasteiger charge is -2.08. The fraction of sp³-hybridized carbons (Fsp3) is 0. The van der Waals surface area contributed by atoms with Crippen LogP contribution < -0.4 is 4.72 Å². The van der Waals surface area contributed by atoms with Gasteiger partial charge in [-0.05, 0) is 24.3 Å². The van der Waals surface area contributed by atoms with E-state index in [0.717, 1.165) is 6.07 Å². The summed E-state index contributed by atoms with van der Waals surface area (Å²) in [5, 5.41) is 10.7. The first-order valence-electron chi connectivity index (χ1n) is 5.42. The highest BCUT2D eigenvalue weighted by Gasteiger charge is 2.28. The van der Waals surface area contributed by atoms with Crippen LogP contribution in [0.3, 0.4) is 0 Å². The summed E-state index contributed by atoms with van der Waals surface area (Å²) < 4.78 is 26.7. The molecule has 0 bridgehead atoms. The molecule has 2 aromatic rings. The van der Waals surface area contributed by atoms with Gasteiger partial charge in [0.15, 0.2) is 4.90 Å². The molecule has 0 saturated heterocycles. The van der Waals surface area contributed by atoms with E-state index in [9.17, 15) is 18.5 Å². The second-order valence-corrected chi connectivity index (χ2v) is 5.87. The van der Waals surface area contributed by atoms with Gasteiger partial charge in [-0.3, -0.25) is 14.8 Å². The van der Waals surface area contributed by atoms with Crippen molar-refractivity contribution < 1.29 is 13.3 Å². The first-order chi connectivity index (χ1) is 9.42. The van der Waals surface area contributed by atoms with Gasteiger partial charge >= 0.3 is 5.69 Å². The molecule has 20 heavy (non-hydrogen) atoms. The van der Waals surface area contributed by atoms with Crippen LogP contribution in [0.2, 0.25) is 5.02 Å². The smallest absolute Gasteiger partial charge is 0.279 e. The van der Waals surface area contributed by atoms with Gasteiger partial charge in [0.1, 0.15) is 5.02 Å². The zero-order valence-electron chi connectivity index (χ0n) is 9.99. The third-order valence-corrected chi connectivity index (χ3v) is 4.17. The number of hydrogen-bond donors (Lipinski definition) is 1. The number of anilines is 1. The number of para-hydroxylation sites is 2. The summed E-state index contributed by atoms with van der Waals surface area (Å²) in [6.07, 6.45) is 0. The van der Waals surface area contributed by atoms with Crippen LogP contribution in [0, 0.1) is 10.1 Å². The van der Waals surface area contributed by atoms with E-state index in [1.54, 1.807) is 18.2 Å². The van der Waals surface area contributed by atoms with Crippen molar-refractivity contribution in [3.05, 3.63) is 63.7 Å². The maximum atomic E-state index is 12.2. The van der Waals surface area contributed by atoms with E-state index >= 15 is 0 Å². The van der Waals surface area contributed by atoms with Gasteiger partial charge in [-0.2, -0.15) is 0 Å². The standard InChI is InChI=1S/C12H9ClN2O4S/c13-10-7-4-8-11(12(10)15(16)17)20(18,19)14-9-5-2-1-3-6-9/h1-8,14H. The van der Waals surface area contributed by atoms with Crippen molar-refractivity contribution in [2.24, 2.45) is 0 Å². The lowest BCUT2D eigenvalue weighted by atomic mass is 10.3. The molecule has 0 fully saturated rings. The number of sulfonamides is 1. The van der Waals surface area contributed by atoms with Gasteiger partial charge in [0.05, 0.1) is 4.92 Å². The summed E-state index contributed by atoms with van der Waals surface area (Å²) >= 11 is 5.70. The van der Waals surface area contributed by atoms with Gasteiger partial charge in [0.2, 0.25) is 0 Å². The van der Waals surface area contributed by atoms with E-state index in [2.05, 4.69) is 4.72 Å². The van der Waals surface area contributed by atoms with Crippen LogP contribution in [-0.2, 0) is 10.0 Å². The van der Waals surface area contributed by atoms with Crippen molar-refractivity contribution >= 4 is 33.0 Å². The van der Waals surface area contributed by atoms with Crippen LogP contribution in [0.4, 0.5) is 11.4 Å². The molecule has 2 aromatic carbocycles. The van der Waals surface area contributed by atoms with E-state index in [1.807, 2.05) is 0 Å². The SMILES string of the molecule is O=[N+]([O-])c1c(Cl)cccc1S(=O)(=O)Nc1ccccc1. The van der Waals surface area contributed by atoms with Crippen molar-refractivity contribution in [3.63, 3.8) is 0 Å². The molecule has 104 valence electrons. The van der Waals surface area contributed by atoms with E-state index in [0.29, 0.717) is 5.69 Å². The minimum atomic E-state index is -4.09. The summed E-state index contributed by atoms with van der Waals surface area (Å²) in [6.45, 7) is 0. The Morgan fingerprint density at radius 3 is 2.30 bits per heavy atom. The number of halogens is 1. The lowest BCUT2D eigenvalue weighted by molar-refractivity contribution is -0.387. The van der Waals surface area contributed by atoms with E-state index in [1.165, 1.54) is 24.3 Å². The second-order valence-electron chi connectivity index (χ2n) is 3.82. The summed E-state index contributed by atoms with van der Waals surface area (Å²) in [5.41, 5.74) is -0.334. The Balaban J connectivity index is 2.50.